The summed E-state index contributed by atoms with van der Waals surface area (Å²) in [4.78, 5) is 11.4. The molecule has 30 heavy (non-hydrogen) atoms. The number of halogens is 1. The van der Waals surface area contributed by atoms with E-state index in [2.05, 4.69) is 6.07 Å². The number of aryl methyl sites for hydroxylation is 1. The fourth-order valence-corrected chi connectivity index (χ4v) is 5.18. The molecular weight excluding hydrogens is 402 g/mol. The van der Waals surface area contributed by atoms with Crippen molar-refractivity contribution < 1.29 is 14.6 Å². The summed E-state index contributed by atoms with van der Waals surface area (Å²) in [5, 5.41) is 26.0. The smallest absolute Gasteiger partial charge is 0.335 e. The SMILES string of the molecule is N#Cc1ccc(N2N=C3c4ccc(C(=O)O)cc4CCC3C2C2CCOC2)cc1Cl. The highest BCUT2D eigenvalue weighted by Crippen LogP contribution is 2.43. The van der Waals surface area contributed by atoms with Crippen molar-refractivity contribution in [1.82, 2.24) is 0 Å². The zero-order valence-electron chi connectivity index (χ0n) is 16.2. The van der Waals surface area contributed by atoms with Crippen LogP contribution in [0.15, 0.2) is 41.5 Å². The van der Waals surface area contributed by atoms with Gasteiger partial charge in [0.1, 0.15) is 6.07 Å². The molecule has 0 spiro atoms. The molecule has 7 heteroatoms. The lowest BCUT2D eigenvalue weighted by Gasteiger charge is -2.34. The van der Waals surface area contributed by atoms with Gasteiger partial charge in [-0.3, -0.25) is 5.01 Å². The monoisotopic (exact) mass is 421 g/mol. The van der Waals surface area contributed by atoms with E-state index < -0.39 is 5.97 Å². The van der Waals surface area contributed by atoms with E-state index in [4.69, 9.17) is 21.4 Å². The van der Waals surface area contributed by atoms with Crippen LogP contribution < -0.4 is 5.01 Å². The molecule has 152 valence electrons. The first-order valence-electron chi connectivity index (χ1n) is 10.1. The number of hydrogen-bond donors (Lipinski definition) is 1. The normalized spacial score (nSPS) is 24.7. The number of carboxylic acid groups (broad SMARTS) is 1. The van der Waals surface area contributed by atoms with Gasteiger partial charge >= 0.3 is 5.97 Å². The Morgan fingerprint density at radius 1 is 1.27 bits per heavy atom. The highest BCUT2D eigenvalue weighted by atomic mass is 35.5. The van der Waals surface area contributed by atoms with Crippen molar-refractivity contribution in [2.75, 3.05) is 18.2 Å². The Kier molecular flexibility index (Phi) is 4.73. The largest absolute Gasteiger partial charge is 0.478 e. The molecule has 3 aliphatic rings. The summed E-state index contributed by atoms with van der Waals surface area (Å²) >= 11 is 6.32. The summed E-state index contributed by atoms with van der Waals surface area (Å²) in [5.74, 6) is -0.317. The molecule has 2 heterocycles. The second-order valence-electron chi connectivity index (χ2n) is 8.04. The van der Waals surface area contributed by atoms with Crippen LogP contribution in [0.5, 0.6) is 0 Å². The Hall–Kier alpha value is -2.88. The predicted octanol–water partition coefficient (Wildman–Crippen LogP) is 4.10. The van der Waals surface area contributed by atoms with Crippen LogP contribution in [0.1, 0.15) is 39.9 Å². The van der Waals surface area contributed by atoms with Crippen molar-refractivity contribution in [3.63, 3.8) is 0 Å². The number of nitriles is 1. The maximum absolute atomic E-state index is 11.4. The number of hydrazone groups is 1. The van der Waals surface area contributed by atoms with Crippen molar-refractivity contribution >= 4 is 29.0 Å². The van der Waals surface area contributed by atoms with Gasteiger partial charge in [0.05, 0.1) is 40.2 Å². The number of fused-ring (bicyclic) bond motifs is 3. The Morgan fingerprint density at radius 3 is 2.83 bits per heavy atom. The maximum Gasteiger partial charge on any atom is 0.335 e. The van der Waals surface area contributed by atoms with Gasteiger partial charge in [0.25, 0.3) is 0 Å². The molecule has 1 fully saturated rings. The van der Waals surface area contributed by atoms with Gasteiger partial charge in [-0.25, -0.2) is 4.79 Å². The van der Waals surface area contributed by atoms with E-state index in [1.165, 1.54) is 0 Å². The van der Waals surface area contributed by atoms with Gasteiger partial charge < -0.3 is 9.84 Å². The molecule has 6 nitrogen and oxygen atoms in total. The van der Waals surface area contributed by atoms with Crippen LogP contribution in [-0.2, 0) is 11.2 Å². The summed E-state index contributed by atoms with van der Waals surface area (Å²) in [6.45, 7) is 1.46. The first-order chi connectivity index (χ1) is 14.6. The number of anilines is 1. The fourth-order valence-electron chi connectivity index (χ4n) is 4.96. The Balaban J connectivity index is 1.59. The third-order valence-corrected chi connectivity index (χ3v) is 6.71. The van der Waals surface area contributed by atoms with Crippen molar-refractivity contribution in [2.45, 2.75) is 25.3 Å². The number of ether oxygens (including phenoxy) is 1. The van der Waals surface area contributed by atoms with Crippen LogP contribution in [0.25, 0.3) is 0 Å². The minimum atomic E-state index is -0.914. The van der Waals surface area contributed by atoms with Gasteiger partial charge in [-0.15, -0.1) is 0 Å². The lowest BCUT2D eigenvalue weighted by atomic mass is 9.75. The number of rotatable bonds is 3. The Labute approximate surface area is 179 Å². The second kappa shape index (κ2) is 7.42. The number of hydrogen-bond acceptors (Lipinski definition) is 5. The molecule has 2 aliphatic heterocycles. The lowest BCUT2D eigenvalue weighted by Crippen LogP contribution is -2.41. The summed E-state index contributed by atoms with van der Waals surface area (Å²) < 4.78 is 5.69. The lowest BCUT2D eigenvalue weighted by molar-refractivity contribution is 0.0696. The molecule has 3 unspecified atom stereocenters. The average Bonchev–Trinajstić information content (AvgIpc) is 3.40. The molecule has 1 aliphatic carbocycles. The molecule has 0 aromatic heterocycles. The number of carbonyl (C=O) groups is 1. The first-order valence-corrected chi connectivity index (χ1v) is 10.5. The van der Waals surface area contributed by atoms with E-state index in [9.17, 15) is 15.2 Å². The molecule has 2 aromatic carbocycles. The zero-order chi connectivity index (χ0) is 20.8. The van der Waals surface area contributed by atoms with Crippen molar-refractivity contribution in [3.05, 3.63) is 63.7 Å². The van der Waals surface area contributed by atoms with Crippen molar-refractivity contribution in [3.8, 4) is 6.07 Å². The number of carboxylic acids is 1. The number of nitrogens with zero attached hydrogens (tertiary/aromatic N) is 3. The molecule has 0 radical (unpaired) electrons. The van der Waals surface area contributed by atoms with Crippen LogP contribution in [0.4, 0.5) is 5.69 Å². The Morgan fingerprint density at radius 2 is 2.13 bits per heavy atom. The minimum Gasteiger partial charge on any atom is -0.478 e. The summed E-state index contributed by atoms with van der Waals surface area (Å²) in [5.41, 5.74) is 4.68. The molecule has 1 N–H and O–H groups in total. The third kappa shape index (κ3) is 3.06. The third-order valence-electron chi connectivity index (χ3n) is 6.40. The second-order valence-corrected chi connectivity index (χ2v) is 8.45. The van der Waals surface area contributed by atoms with E-state index in [0.29, 0.717) is 28.7 Å². The average molecular weight is 422 g/mol. The van der Waals surface area contributed by atoms with Gasteiger partial charge in [-0.1, -0.05) is 17.7 Å². The maximum atomic E-state index is 11.4. The fraction of sp³-hybridized carbons (Fsp3) is 0.348. The van der Waals surface area contributed by atoms with E-state index >= 15 is 0 Å². The molecule has 0 amide bonds. The highest BCUT2D eigenvalue weighted by Gasteiger charge is 2.46. The molecule has 3 atom stereocenters. The van der Waals surface area contributed by atoms with E-state index in [0.717, 1.165) is 48.4 Å². The molecule has 2 aromatic rings. The van der Waals surface area contributed by atoms with Crippen LogP contribution in [0.2, 0.25) is 5.02 Å². The van der Waals surface area contributed by atoms with E-state index in [1.807, 2.05) is 17.1 Å². The van der Waals surface area contributed by atoms with Gasteiger partial charge in [0, 0.05) is 24.0 Å². The van der Waals surface area contributed by atoms with Crippen LogP contribution in [0.3, 0.4) is 0 Å². The predicted molar refractivity (Wildman–Crippen MR) is 113 cm³/mol. The topological polar surface area (TPSA) is 85.9 Å². The molecule has 0 bridgehead atoms. The van der Waals surface area contributed by atoms with Crippen LogP contribution >= 0.6 is 11.6 Å². The van der Waals surface area contributed by atoms with Gasteiger partial charge in [0.15, 0.2) is 0 Å². The standard InChI is InChI=1S/C23H20ClN3O3/c24-20-10-17(4-1-15(20)11-25)27-22(16-7-8-30-12-16)19-6-2-13-9-14(23(28)29)3-5-18(13)21(19)26-27/h1,3-5,9-10,16,19,22H,2,6-8,12H2,(H,28,29). The highest BCUT2D eigenvalue weighted by molar-refractivity contribution is 6.32. The van der Waals surface area contributed by atoms with Gasteiger partial charge in [0.2, 0.25) is 0 Å². The van der Waals surface area contributed by atoms with E-state index in [1.54, 1.807) is 24.3 Å². The summed E-state index contributed by atoms with van der Waals surface area (Å²) in [6.07, 6.45) is 2.72. The van der Waals surface area contributed by atoms with Gasteiger partial charge in [-0.05, 0) is 55.2 Å². The molecule has 5 rings (SSSR count). The first kappa shape index (κ1) is 19.1. The quantitative estimate of drug-likeness (QED) is 0.806. The summed E-state index contributed by atoms with van der Waals surface area (Å²) in [6, 6.07) is 13.0. The van der Waals surface area contributed by atoms with Crippen molar-refractivity contribution in [1.29, 1.82) is 5.26 Å². The number of benzene rings is 2. The minimum absolute atomic E-state index is 0.152. The van der Waals surface area contributed by atoms with Crippen LogP contribution in [0, 0.1) is 23.2 Å². The van der Waals surface area contributed by atoms with Crippen molar-refractivity contribution in [2.24, 2.45) is 16.9 Å². The van der Waals surface area contributed by atoms with E-state index in [-0.39, 0.29) is 12.0 Å². The molecule has 1 saturated heterocycles. The van der Waals surface area contributed by atoms with Crippen LogP contribution in [-0.4, -0.2) is 36.0 Å². The Bertz CT molecular complexity index is 1100. The summed E-state index contributed by atoms with van der Waals surface area (Å²) in [7, 11) is 0. The number of aromatic carboxylic acids is 1. The zero-order valence-corrected chi connectivity index (χ0v) is 17.0. The molecule has 0 saturated carbocycles. The molecular formula is C23H20ClN3O3. The van der Waals surface area contributed by atoms with Gasteiger partial charge in [-0.2, -0.15) is 10.4 Å².